The van der Waals surface area contributed by atoms with Crippen molar-refractivity contribution in [3.05, 3.63) is 72.6 Å². The van der Waals surface area contributed by atoms with E-state index < -0.39 is 0 Å². The van der Waals surface area contributed by atoms with Crippen LogP contribution in [0.5, 0.6) is 0 Å². The molecule has 2 fully saturated rings. The third-order valence-corrected chi connectivity index (χ3v) is 8.72. The van der Waals surface area contributed by atoms with Gasteiger partial charge < -0.3 is 29.6 Å². The Balaban J connectivity index is 1.02. The summed E-state index contributed by atoms with van der Waals surface area (Å²) in [5.41, 5.74) is 4.23. The van der Waals surface area contributed by atoms with Crippen LogP contribution < -0.4 is 15.1 Å². The molecule has 1 saturated carbocycles. The Bertz CT molecular complexity index is 1500. The zero-order chi connectivity index (χ0) is 27.6. The van der Waals surface area contributed by atoms with Crippen molar-refractivity contribution in [1.82, 2.24) is 20.3 Å². The molecule has 0 spiro atoms. The van der Waals surface area contributed by atoms with Gasteiger partial charge in [0.25, 0.3) is 0 Å². The molecule has 1 saturated heterocycles. The summed E-state index contributed by atoms with van der Waals surface area (Å²) in [5, 5.41) is 4.21. The number of aromatic nitrogens is 3. The van der Waals surface area contributed by atoms with Crippen molar-refractivity contribution in [1.29, 1.82) is 0 Å². The van der Waals surface area contributed by atoms with Crippen LogP contribution in [0.3, 0.4) is 0 Å². The fourth-order valence-corrected chi connectivity index (χ4v) is 6.55. The molecule has 0 unspecified atom stereocenters. The van der Waals surface area contributed by atoms with E-state index in [4.69, 9.17) is 19.4 Å². The van der Waals surface area contributed by atoms with Gasteiger partial charge in [0.2, 0.25) is 0 Å². The average molecular weight is 553 g/mol. The summed E-state index contributed by atoms with van der Waals surface area (Å²) in [6.07, 6.45) is 7.70. The van der Waals surface area contributed by atoms with Gasteiger partial charge in [-0.1, -0.05) is 42.5 Å². The number of morpholine rings is 1. The lowest BCUT2D eigenvalue weighted by atomic mass is 9.85. The molecule has 1 aliphatic carbocycles. The second-order valence-corrected chi connectivity index (χ2v) is 11.4. The van der Waals surface area contributed by atoms with Crippen LogP contribution in [0.4, 0.5) is 16.3 Å². The minimum absolute atomic E-state index is 0.160. The van der Waals surface area contributed by atoms with Crippen LogP contribution in [0.2, 0.25) is 0 Å². The number of nitrogens with one attached hydrogen (secondary N) is 2. The van der Waals surface area contributed by atoms with E-state index in [2.05, 4.69) is 44.4 Å². The van der Waals surface area contributed by atoms with E-state index in [1.807, 2.05) is 42.7 Å². The maximum Gasteiger partial charge on any atom is 0.407 e. The highest BCUT2D eigenvalue weighted by molar-refractivity contribution is 5.93. The van der Waals surface area contributed by atoms with E-state index in [9.17, 15) is 4.79 Å². The first-order chi connectivity index (χ1) is 20.2. The van der Waals surface area contributed by atoms with E-state index in [-0.39, 0.29) is 18.2 Å². The molecule has 1 amide bonds. The third kappa shape index (κ3) is 5.46. The first kappa shape index (κ1) is 25.8. The van der Waals surface area contributed by atoms with Crippen molar-refractivity contribution in [2.45, 2.75) is 44.4 Å². The number of amides is 1. The first-order valence-electron chi connectivity index (χ1n) is 14.7. The van der Waals surface area contributed by atoms with Crippen LogP contribution in [-0.4, -0.2) is 66.0 Å². The predicted molar refractivity (Wildman–Crippen MR) is 159 cm³/mol. The van der Waals surface area contributed by atoms with Gasteiger partial charge in [0.05, 0.1) is 31.1 Å². The summed E-state index contributed by atoms with van der Waals surface area (Å²) >= 11 is 0. The van der Waals surface area contributed by atoms with E-state index in [1.54, 1.807) is 0 Å². The molecule has 4 heterocycles. The number of fused-ring (bicyclic) bond motifs is 4. The Kier molecular flexibility index (Phi) is 7.19. The van der Waals surface area contributed by atoms with Crippen LogP contribution in [0.1, 0.15) is 31.2 Å². The summed E-state index contributed by atoms with van der Waals surface area (Å²) in [6, 6.07) is 18.5. The van der Waals surface area contributed by atoms with Gasteiger partial charge in [-0.2, -0.15) is 0 Å². The normalized spacial score (nSPS) is 22.2. The minimum Gasteiger partial charge on any atom is -0.445 e. The predicted octanol–water partition coefficient (Wildman–Crippen LogP) is 5.14. The summed E-state index contributed by atoms with van der Waals surface area (Å²) in [4.78, 5) is 30.6. The van der Waals surface area contributed by atoms with Gasteiger partial charge in [-0.05, 0) is 49.3 Å². The third-order valence-electron chi connectivity index (χ3n) is 8.72. The molecule has 2 aromatic carbocycles. The number of ether oxygens (including phenoxy) is 2. The fraction of sp³-hybridized carbons (Fsp3) is 0.406. The van der Waals surface area contributed by atoms with Gasteiger partial charge in [-0.15, -0.1) is 0 Å². The molecule has 2 N–H and O–H groups in total. The second kappa shape index (κ2) is 11.4. The zero-order valence-electron chi connectivity index (χ0n) is 23.2. The molecular formula is C32H36N6O3. The molecule has 1 atom stereocenters. The molecule has 7 rings (SSSR count). The lowest BCUT2D eigenvalue weighted by Gasteiger charge is -2.46. The Labute approximate surface area is 239 Å². The lowest BCUT2D eigenvalue weighted by molar-refractivity contribution is 0.0932. The highest BCUT2D eigenvalue weighted by Gasteiger charge is 2.36. The molecule has 3 aliphatic rings. The number of aromatic amines is 1. The number of H-pyrrole nitrogens is 1. The summed E-state index contributed by atoms with van der Waals surface area (Å²) < 4.78 is 11.3. The lowest BCUT2D eigenvalue weighted by Crippen LogP contribution is -2.56. The van der Waals surface area contributed by atoms with E-state index in [0.717, 1.165) is 84.7 Å². The monoisotopic (exact) mass is 552 g/mol. The van der Waals surface area contributed by atoms with Gasteiger partial charge in [-0.25, -0.2) is 14.8 Å². The molecule has 41 heavy (non-hydrogen) atoms. The molecule has 0 bridgehead atoms. The maximum absolute atomic E-state index is 12.4. The highest BCUT2D eigenvalue weighted by atomic mass is 16.5. The Hall–Kier alpha value is -4.11. The van der Waals surface area contributed by atoms with Crippen molar-refractivity contribution in [2.75, 3.05) is 42.6 Å². The van der Waals surface area contributed by atoms with Gasteiger partial charge in [0, 0.05) is 48.3 Å². The summed E-state index contributed by atoms with van der Waals surface area (Å²) in [7, 11) is 0. The van der Waals surface area contributed by atoms with Crippen molar-refractivity contribution in [3.63, 3.8) is 0 Å². The fourth-order valence-electron chi connectivity index (χ4n) is 6.55. The smallest absolute Gasteiger partial charge is 0.407 e. The number of hydrogen-bond donors (Lipinski definition) is 2. The Morgan fingerprint density at radius 1 is 1.07 bits per heavy atom. The molecule has 2 aliphatic heterocycles. The van der Waals surface area contributed by atoms with Crippen LogP contribution in [0.25, 0.3) is 22.3 Å². The van der Waals surface area contributed by atoms with Gasteiger partial charge in [-0.3, -0.25) is 0 Å². The average Bonchev–Trinajstić information content (AvgIpc) is 3.51. The number of anilines is 2. The molecule has 9 heteroatoms. The standard InChI is InChI=1S/C32H36N6O3/c39-32(41-20-23-5-2-1-3-6-23)35-24-11-9-22(10-12-24)18-37-19-25-21-40-16-15-38(25)31-29(37)17-34-30(36-31)27-7-4-8-28-26(27)13-14-33-28/h1-8,13-14,17,22,24-25,33H,9-12,15-16,18-21H2,(H,35,39)/t22-,24-,25-/m1/s1. The molecule has 9 nitrogen and oxygen atoms in total. The number of hydrogen-bond acceptors (Lipinski definition) is 7. The van der Waals surface area contributed by atoms with Crippen molar-refractivity contribution < 1.29 is 14.3 Å². The number of alkyl carbamates (subject to hydrolysis) is 1. The largest absolute Gasteiger partial charge is 0.445 e. The van der Waals surface area contributed by atoms with Gasteiger partial charge in [0.1, 0.15) is 6.61 Å². The van der Waals surface area contributed by atoms with Crippen molar-refractivity contribution >= 4 is 28.5 Å². The second-order valence-electron chi connectivity index (χ2n) is 11.4. The van der Waals surface area contributed by atoms with E-state index >= 15 is 0 Å². The van der Waals surface area contributed by atoms with E-state index in [1.165, 1.54) is 0 Å². The quantitative estimate of drug-likeness (QED) is 0.342. The van der Waals surface area contributed by atoms with E-state index in [0.29, 0.717) is 25.7 Å². The number of carbonyl (C=O) groups is 1. The number of carbonyl (C=O) groups excluding carboxylic acids is 1. The SMILES string of the molecule is O=C(N[C@H]1CC[C@H](CN2C[C@@H]3COCCN3c3nc(-c4cccc5[nH]ccc45)ncc32)CC1)OCc1ccccc1. The molecule has 2 aromatic heterocycles. The molecule has 212 valence electrons. The van der Waals surface area contributed by atoms with Crippen LogP contribution in [0, 0.1) is 5.92 Å². The minimum atomic E-state index is -0.331. The number of nitrogens with zero attached hydrogens (tertiary/aromatic N) is 4. The summed E-state index contributed by atoms with van der Waals surface area (Å²) in [5.74, 6) is 2.32. The first-order valence-corrected chi connectivity index (χ1v) is 14.7. The number of benzene rings is 2. The van der Waals surface area contributed by atoms with Gasteiger partial charge in [0.15, 0.2) is 11.6 Å². The topological polar surface area (TPSA) is 95.6 Å². The number of rotatable bonds is 6. The van der Waals surface area contributed by atoms with Crippen molar-refractivity contribution in [2.24, 2.45) is 5.92 Å². The van der Waals surface area contributed by atoms with Crippen LogP contribution >= 0.6 is 0 Å². The maximum atomic E-state index is 12.4. The zero-order valence-corrected chi connectivity index (χ0v) is 23.2. The Morgan fingerprint density at radius 3 is 2.83 bits per heavy atom. The van der Waals surface area contributed by atoms with Crippen molar-refractivity contribution in [3.8, 4) is 11.4 Å². The van der Waals surface area contributed by atoms with Crippen LogP contribution in [0.15, 0.2) is 67.0 Å². The molecule has 4 aromatic rings. The Morgan fingerprint density at radius 2 is 1.95 bits per heavy atom. The molecular weight excluding hydrogens is 516 g/mol. The van der Waals surface area contributed by atoms with Crippen LogP contribution in [-0.2, 0) is 16.1 Å². The van der Waals surface area contributed by atoms with Gasteiger partial charge >= 0.3 is 6.09 Å². The highest BCUT2D eigenvalue weighted by Crippen LogP contribution is 2.38. The summed E-state index contributed by atoms with van der Waals surface area (Å²) in [6.45, 7) is 4.43. The molecule has 0 radical (unpaired) electrons.